The maximum atomic E-state index is 11.6. The zero-order valence-corrected chi connectivity index (χ0v) is 14.0. The molecule has 2 N–H and O–H groups in total. The fourth-order valence-corrected chi connectivity index (χ4v) is 2.42. The molecule has 0 aliphatic rings. The molecule has 0 aliphatic carbocycles. The van der Waals surface area contributed by atoms with Gasteiger partial charge in [-0.15, -0.1) is 11.8 Å². The maximum absolute atomic E-state index is 11.6. The standard InChI is InChI=1S/C16H24N2O2S/c1-5-17-14(19)10-18-15(20)11-21-13-8-6-12(7-9-13)16(2,3)4/h6-9H,5,10-11H2,1-4H3,(H,17,19)(H,18,20). The average Bonchev–Trinajstić information content (AvgIpc) is 2.43. The van der Waals surface area contributed by atoms with Crippen LogP contribution in [0, 0.1) is 0 Å². The SMILES string of the molecule is CCNC(=O)CNC(=O)CSc1ccc(C(C)(C)C)cc1. The molecule has 0 spiro atoms. The lowest BCUT2D eigenvalue weighted by atomic mass is 9.87. The summed E-state index contributed by atoms with van der Waals surface area (Å²) < 4.78 is 0. The zero-order chi connectivity index (χ0) is 15.9. The summed E-state index contributed by atoms with van der Waals surface area (Å²) in [6, 6.07) is 8.24. The lowest BCUT2D eigenvalue weighted by Gasteiger charge is -2.19. The third kappa shape index (κ3) is 6.67. The number of hydrogen-bond donors (Lipinski definition) is 2. The maximum Gasteiger partial charge on any atom is 0.239 e. The molecule has 1 aromatic carbocycles. The van der Waals surface area contributed by atoms with E-state index in [0.29, 0.717) is 12.3 Å². The molecule has 0 heterocycles. The van der Waals surface area contributed by atoms with E-state index in [0.717, 1.165) is 4.90 Å². The van der Waals surface area contributed by atoms with Gasteiger partial charge in [-0.05, 0) is 30.0 Å². The molecule has 1 rings (SSSR count). The molecule has 21 heavy (non-hydrogen) atoms. The molecule has 0 saturated carbocycles. The number of thioether (sulfide) groups is 1. The predicted molar refractivity (Wildman–Crippen MR) is 87.6 cm³/mol. The first-order valence-electron chi connectivity index (χ1n) is 7.09. The first-order valence-corrected chi connectivity index (χ1v) is 8.08. The Morgan fingerprint density at radius 3 is 2.19 bits per heavy atom. The van der Waals surface area contributed by atoms with Crippen molar-refractivity contribution in [2.45, 2.75) is 38.0 Å². The van der Waals surface area contributed by atoms with Gasteiger partial charge in [-0.2, -0.15) is 0 Å². The number of carbonyl (C=O) groups excluding carboxylic acids is 2. The summed E-state index contributed by atoms with van der Waals surface area (Å²) in [7, 11) is 0. The van der Waals surface area contributed by atoms with Crippen LogP contribution in [0.4, 0.5) is 0 Å². The molecule has 0 unspecified atom stereocenters. The Morgan fingerprint density at radius 1 is 1.05 bits per heavy atom. The minimum absolute atomic E-state index is 0.0379. The van der Waals surface area contributed by atoms with Crippen molar-refractivity contribution in [1.82, 2.24) is 10.6 Å². The molecule has 0 aliphatic heterocycles. The summed E-state index contributed by atoms with van der Waals surface area (Å²) in [5.41, 5.74) is 1.40. The fourth-order valence-electron chi connectivity index (χ4n) is 1.69. The van der Waals surface area contributed by atoms with Gasteiger partial charge in [0.1, 0.15) is 0 Å². The van der Waals surface area contributed by atoms with Crippen LogP contribution in [-0.4, -0.2) is 30.7 Å². The van der Waals surface area contributed by atoms with Crippen molar-refractivity contribution >= 4 is 23.6 Å². The number of rotatable bonds is 6. The van der Waals surface area contributed by atoms with Crippen molar-refractivity contribution in [2.75, 3.05) is 18.8 Å². The number of carbonyl (C=O) groups is 2. The van der Waals surface area contributed by atoms with E-state index < -0.39 is 0 Å². The second kappa shape index (κ2) is 8.08. The van der Waals surface area contributed by atoms with E-state index in [2.05, 4.69) is 43.5 Å². The van der Waals surface area contributed by atoms with Gasteiger partial charge in [-0.1, -0.05) is 32.9 Å². The van der Waals surface area contributed by atoms with Gasteiger partial charge in [0.15, 0.2) is 0 Å². The van der Waals surface area contributed by atoms with Gasteiger partial charge in [0, 0.05) is 11.4 Å². The van der Waals surface area contributed by atoms with Gasteiger partial charge < -0.3 is 10.6 Å². The summed E-state index contributed by atoms with van der Waals surface area (Å²) in [5, 5.41) is 5.24. The van der Waals surface area contributed by atoms with Crippen LogP contribution in [0.1, 0.15) is 33.3 Å². The van der Waals surface area contributed by atoms with E-state index in [1.165, 1.54) is 17.3 Å². The molecule has 2 amide bonds. The molecule has 0 saturated heterocycles. The van der Waals surface area contributed by atoms with Crippen molar-refractivity contribution in [3.05, 3.63) is 29.8 Å². The van der Waals surface area contributed by atoms with E-state index in [1.807, 2.05) is 19.1 Å². The number of hydrogen-bond acceptors (Lipinski definition) is 3. The van der Waals surface area contributed by atoms with Gasteiger partial charge in [0.2, 0.25) is 11.8 Å². The highest BCUT2D eigenvalue weighted by atomic mass is 32.2. The monoisotopic (exact) mass is 308 g/mol. The number of likely N-dealkylation sites (N-methyl/N-ethyl adjacent to an activating group) is 1. The molecule has 1 aromatic rings. The second-order valence-electron chi connectivity index (χ2n) is 5.79. The van der Waals surface area contributed by atoms with E-state index in [4.69, 9.17) is 0 Å². The Kier molecular flexibility index (Phi) is 6.75. The molecule has 0 atom stereocenters. The van der Waals surface area contributed by atoms with Crippen LogP contribution in [0.3, 0.4) is 0 Å². The smallest absolute Gasteiger partial charge is 0.239 e. The van der Waals surface area contributed by atoms with Crippen LogP contribution in [0.5, 0.6) is 0 Å². The molecule has 0 aromatic heterocycles. The van der Waals surface area contributed by atoms with Crippen molar-refractivity contribution in [2.24, 2.45) is 0 Å². The summed E-state index contributed by atoms with van der Waals surface area (Å²) in [6.07, 6.45) is 0. The van der Waals surface area contributed by atoms with Crippen LogP contribution in [0.15, 0.2) is 29.2 Å². The predicted octanol–water partition coefficient (Wildman–Crippen LogP) is 2.33. The zero-order valence-electron chi connectivity index (χ0n) is 13.2. The Bertz CT molecular complexity index is 478. The largest absolute Gasteiger partial charge is 0.355 e. The summed E-state index contributed by atoms with van der Waals surface area (Å²) in [6.45, 7) is 8.97. The van der Waals surface area contributed by atoms with E-state index in [1.54, 1.807) is 0 Å². The van der Waals surface area contributed by atoms with Crippen LogP contribution >= 0.6 is 11.8 Å². The fraction of sp³-hybridized carbons (Fsp3) is 0.500. The lowest BCUT2D eigenvalue weighted by molar-refractivity contribution is -0.124. The van der Waals surface area contributed by atoms with Crippen LogP contribution in [0.2, 0.25) is 0 Å². The third-order valence-corrected chi connectivity index (χ3v) is 3.92. The normalized spacial score (nSPS) is 11.0. The summed E-state index contributed by atoms with van der Waals surface area (Å²) in [5.74, 6) is 0.0189. The van der Waals surface area contributed by atoms with Crippen LogP contribution in [-0.2, 0) is 15.0 Å². The van der Waals surface area contributed by atoms with Gasteiger partial charge >= 0.3 is 0 Å². The number of amides is 2. The van der Waals surface area contributed by atoms with Crippen LogP contribution in [0.25, 0.3) is 0 Å². The Hall–Kier alpha value is -1.49. The molecule has 116 valence electrons. The first kappa shape index (κ1) is 17.6. The molecule has 0 bridgehead atoms. The van der Waals surface area contributed by atoms with E-state index in [-0.39, 0.29) is 23.8 Å². The summed E-state index contributed by atoms with van der Waals surface area (Å²) in [4.78, 5) is 23.9. The molecular formula is C16H24N2O2S. The van der Waals surface area contributed by atoms with Gasteiger partial charge in [0.25, 0.3) is 0 Å². The van der Waals surface area contributed by atoms with Crippen molar-refractivity contribution in [1.29, 1.82) is 0 Å². The van der Waals surface area contributed by atoms with Crippen molar-refractivity contribution in [3.8, 4) is 0 Å². The summed E-state index contributed by atoms with van der Waals surface area (Å²) >= 11 is 1.47. The molecule has 0 radical (unpaired) electrons. The highest BCUT2D eigenvalue weighted by molar-refractivity contribution is 8.00. The highest BCUT2D eigenvalue weighted by Gasteiger charge is 2.13. The second-order valence-corrected chi connectivity index (χ2v) is 6.84. The first-order chi connectivity index (χ1) is 9.82. The minimum Gasteiger partial charge on any atom is -0.355 e. The molecule has 4 nitrogen and oxygen atoms in total. The van der Waals surface area contributed by atoms with Crippen molar-refractivity contribution < 1.29 is 9.59 Å². The number of benzene rings is 1. The molecular weight excluding hydrogens is 284 g/mol. The average molecular weight is 308 g/mol. The Morgan fingerprint density at radius 2 is 1.67 bits per heavy atom. The van der Waals surface area contributed by atoms with Gasteiger partial charge in [-0.25, -0.2) is 0 Å². The third-order valence-electron chi connectivity index (χ3n) is 2.91. The lowest BCUT2D eigenvalue weighted by Crippen LogP contribution is -2.37. The molecule has 0 fully saturated rings. The van der Waals surface area contributed by atoms with E-state index >= 15 is 0 Å². The van der Waals surface area contributed by atoms with Gasteiger partial charge in [-0.3, -0.25) is 9.59 Å². The molecule has 5 heteroatoms. The van der Waals surface area contributed by atoms with Crippen molar-refractivity contribution in [3.63, 3.8) is 0 Å². The van der Waals surface area contributed by atoms with E-state index in [9.17, 15) is 9.59 Å². The Balaban J connectivity index is 2.38. The Labute approximate surface area is 131 Å². The highest BCUT2D eigenvalue weighted by Crippen LogP contribution is 2.25. The van der Waals surface area contributed by atoms with Crippen LogP contribution < -0.4 is 10.6 Å². The number of nitrogens with one attached hydrogen (secondary N) is 2. The van der Waals surface area contributed by atoms with Gasteiger partial charge in [0.05, 0.1) is 12.3 Å². The topological polar surface area (TPSA) is 58.2 Å². The quantitative estimate of drug-likeness (QED) is 0.793. The minimum atomic E-state index is -0.162.